The first kappa shape index (κ1) is 15.0. The molecular formula is C12H17NO3S2. The maximum atomic E-state index is 11.7. The Morgan fingerprint density at radius 3 is 2.83 bits per heavy atom. The Morgan fingerprint density at radius 1 is 1.56 bits per heavy atom. The number of thiophene rings is 1. The molecule has 18 heavy (non-hydrogen) atoms. The maximum absolute atomic E-state index is 11.7. The van der Waals surface area contributed by atoms with Crippen LogP contribution in [0.15, 0.2) is 16.3 Å². The number of hydrogen-bond acceptors (Lipinski definition) is 4. The van der Waals surface area contributed by atoms with Crippen molar-refractivity contribution in [2.45, 2.75) is 36.8 Å². The number of amides is 1. The van der Waals surface area contributed by atoms with E-state index in [1.165, 1.54) is 23.1 Å². The van der Waals surface area contributed by atoms with E-state index in [1.807, 2.05) is 6.92 Å². The Hall–Kier alpha value is -1.01. The first-order valence-electron chi connectivity index (χ1n) is 5.80. The lowest BCUT2D eigenvalue weighted by Crippen LogP contribution is -2.31. The number of carboxylic acids is 1. The summed E-state index contributed by atoms with van der Waals surface area (Å²) in [5.41, 5.74) is 0. The lowest BCUT2D eigenvalue weighted by atomic mass is 10.3. The molecule has 0 fully saturated rings. The summed E-state index contributed by atoms with van der Waals surface area (Å²) in [5, 5.41) is 13.2. The van der Waals surface area contributed by atoms with Gasteiger partial charge >= 0.3 is 5.97 Å². The van der Waals surface area contributed by atoms with Gasteiger partial charge in [-0.05, 0) is 19.4 Å². The zero-order valence-corrected chi connectivity index (χ0v) is 12.1. The minimum Gasteiger partial charge on any atom is -0.477 e. The Kier molecular flexibility index (Phi) is 6.21. The fourth-order valence-electron chi connectivity index (χ4n) is 1.28. The van der Waals surface area contributed by atoms with Gasteiger partial charge in [0.2, 0.25) is 5.91 Å². The summed E-state index contributed by atoms with van der Waals surface area (Å²) >= 11 is 2.56. The molecule has 1 atom stereocenters. The number of hydrogen-bond donors (Lipinski definition) is 2. The van der Waals surface area contributed by atoms with E-state index in [1.54, 1.807) is 11.4 Å². The van der Waals surface area contributed by atoms with Crippen molar-refractivity contribution in [1.29, 1.82) is 0 Å². The van der Waals surface area contributed by atoms with Crippen molar-refractivity contribution in [1.82, 2.24) is 5.32 Å². The third kappa shape index (κ3) is 4.70. The normalized spacial score (nSPS) is 12.1. The molecule has 100 valence electrons. The molecule has 2 N–H and O–H groups in total. The van der Waals surface area contributed by atoms with Crippen LogP contribution in [0, 0.1) is 0 Å². The molecule has 4 nitrogen and oxygen atoms in total. The summed E-state index contributed by atoms with van der Waals surface area (Å²) in [5.74, 6) is -0.927. The summed E-state index contributed by atoms with van der Waals surface area (Å²) < 4.78 is 0. The van der Waals surface area contributed by atoms with Gasteiger partial charge < -0.3 is 10.4 Å². The Bertz CT molecular complexity index is 417. The molecule has 0 aromatic carbocycles. The highest BCUT2D eigenvalue weighted by molar-refractivity contribution is 8.00. The number of thioether (sulfide) groups is 1. The average Bonchev–Trinajstić information content (AvgIpc) is 2.77. The lowest BCUT2D eigenvalue weighted by Gasteiger charge is -2.10. The van der Waals surface area contributed by atoms with Gasteiger partial charge in [0, 0.05) is 16.8 Å². The zero-order chi connectivity index (χ0) is 13.5. The highest BCUT2D eigenvalue weighted by Crippen LogP contribution is 2.28. The third-order valence-corrected chi connectivity index (χ3v) is 4.44. The second-order valence-corrected chi connectivity index (χ2v) is 6.18. The largest absolute Gasteiger partial charge is 0.477 e. The molecule has 0 bridgehead atoms. The van der Waals surface area contributed by atoms with Crippen LogP contribution in [0.4, 0.5) is 0 Å². The maximum Gasteiger partial charge on any atom is 0.345 e. The summed E-state index contributed by atoms with van der Waals surface area (Å²) in [6, 6.07) is 1.60. The van der Waals surface area contributed by atoms with Crippen molar-refractivity contribution in [2.75, 3.05) is 6.54 Å². The average molecular weight is 287 g/mol. The molecule has 1 aromatic rings. The van der Waals surface area contributed by atoms with E-state index in [2.05, 4.69) is 12.2 Å². The fraction of sp³-hybridized carbons (Fsp3) is 0.500. The molecule has 0 saturated heterocycles. The number of rotatable bonds is 7. The third-order valence-electron chi connectivity index (χ3n) is 2.30. The van der Waals surface area contributed by atoms with E-state index < -0.39 is 5.97 Å². The predicted molar refractivity (Wildman–Crippen MR) is 74.5 cm³/mol. The smallest absolute Gasteiger partial charge is 0.345 e. The minimum atomic E-state index is -0.924. The molecule has 0 aliphatic carbocycles. The van der Waals surface area contributed by atoms with E-state index in [0.29, 0.717) is 11.4 Å². The molecule has 1 amide bonds. The first-order valence-corrected chi connectivity index (χ1v) is 7.56. The van der Waals surface area contributed by atoms with Gasteiger partial charge in [0.05, 0.1) is 5.25 Å². The van der Waals surface area contributed by atoms with Crippen LogP contribution in [0.1, 0.15) is 36.4 Å². The van der Waals surface area contributed by atoms with Crippen LogP contribution >= 0.6 is 23.1 Å². The van der Waals surface area contributed by atoms with Gasteiger partial charge in [0.25, 0.3) is 0 Å². The number of carbonyl (C=O) groups is 2. The minimum absolute atomic E-state index is 0.00322. The van der Waals surface area contributed by atoms with E-state index >= 15 is 0 Å². The van der Waals surface area contributed by atoms with Gasteiger partial charge in [0.1, 0.15) is 4.88 Å². The molecule has 0 aliphatic rings. The number of nitrogens with one attached hydrogen (secondary N) is 1. The second-order valence-electron chi connectivity index (χ2n) is 3.86. The molecule has 1 aromatic heterocycles. The molecule has 6 heteroatoms. The predicted octanol–water partition coefficient (Wildman–Crippen LogP) is 2.84. The van der Waals surface area contributed by atoms with E-state index in [4.69, 9.17) is 5.11 Å². The van der Waals surface area contributed by atoms with Crippen LogP contribution < -0.4 is 5.32 Å². The van der Waals surface area contributed by atoms with Gasteiger partial charge in [-0.2, -0.15) is 0 Å². The van der Waals surface area contributed by atoms with Gasteiger partial charge in [0.15, 0.2) is 0 Å². The lowest BCUT2D eigenvalue weighted by molar-refractivity contribution is -0.120. The van der Waals surface area contributed by atoms with Gasteiger partial charge in [-0.1, -0.05) is 13.3 Å². The second kappa shape index (κ2) is 7.43. The van der Waals surface area contributed by atoms with Crippen LogP contribution in [-0.2, 0) is 4.79 Å². The monoisotopic (exact) mass is 287 g/mol. The highest BCUT2D eigenvalue weighted by atomic mass is 32.2. The summed E-state index contributed by atoms with van der Waals surface area (Å²) in [4.78, 5) is 23.6. The molecule has 1 unspecified atom stereocenters. The van der Waals surface area contributed by atoms with Gasteiger partial charge in [-0.25, -0.2) is 4.79 Å². The van der Waals surface area contributed by atoms with Crippen molar-refractivity contribution in [3.8, 4) is 0 Å². The SMILES string of the molecule is CCCCNC(=O)C(C)Sc1csc(C(=O)O)c1. The zero-order valence-electron chi connectivity index (χ0n) is 10.4. The molecule has 0 spiro atoms. The van der Waals surface area contributed by atoms with Crippen molar-refractivity contribution in [3.05, 3.63) is 16.3 Å². The quantitative estimate of drug-likeness (QED) is 0.598. The van der Waals surface area contributed by atoms with Crippen LogP contribution in [0.5, 0.6) is 0 Å². The number of carbonyl (C=O) groups excluding carboxylic acids is 1. The van der Waals surface area contributed by atoms with Gasteiger partial charge in [-0.15, -0.1) is 23.1 Å². The Labute approximate surface area is 115 Å². The number of unbranched alkanes of at least 4 members (excludes halogenated alkanes) is 1. The number of aromatic carboxylic acids is 1. The molecule has 0 saturated carbocycles. The molecule has 0 aliphatic heterocycles. The van der Waals surface area contributed by atoms with Crippen LogP contribution in [-0.4, -0.2) is 28.8 Å². The molecule has 0 radical (unpaired) electrons. The van der Waals surface area contributed by atoms with Crippen molar-refractivity contribution >= 4 is 35.0 Å². The summed E-state index contributed by atoms with van der Waals surface area (Å²) in [7, 11) is 0. The highest BCUT2D eigenvalue weighted by Gasteiger charge is 2.15. The van der Waals surface area contributed by atoms with Crippen molar-refractivity contribution < 1.29 is 14.7 Å². The fourth-order valence-corrected chi connectivity index (χ4v) is 3.12. The van der Waals surface area contributed by atoms with Crippen LogP contribution in [0.25, 0.3) is 0 Å². The van der Waals surface area contributed by atoms with E-state index in [0.717, 1.165) is 17.7 Å². The standard InChI is InChI=1S/C12H17NO3S2/c1-3-4-5-13-11(14)8(2)18-9-6-10(12(15)16)17-7-9/h6-8H,3-5H2,1-2H3,(H,13,14)(H,15,16). The summed E-state index contributed by atoms with van der Waals surface area (Å²) in [6.45, 7) is 4.59. The first-order chi connectivity index (χ1) is 8.54. The topological polar surface area (TPSA) is 66.4 Å². The van der Waals surface area contributed by atoms with Gasteiger partial charge in [-0.3, -0.25) is 4.79 Å². The van der Waals surface area contributed by atoms with E-state index in [9.17, 15) is 9.59 Å². The Morgan fingerprint density at radius 2 is 2.28 bits per heavy atom. The number of carboxylic acid groups (broad SMARTS) is 1. The van der Waals surface area contributed by atoms with Crippen LogP contribution in [0.2, 0.25) is 0 Å². The molecule has 1 heterocycles. The van der Waals surface area contributed by atoms with Crippen LogP contribution in [0.3, 0.4) is 0 Å². The van der Waals surface area contributed by atoms with Crippen molar-refractivity contribution in [2.24, 2.45) is 0 Å². The van der Waals surface area contributed by atoms with Crippen molar-refractivity contribution in [3.63, 3.8) is 0 Å². The van der Waals surface area contributed by atoms with E-state index in [-0.39, 0.29) is 11.2 Å². The Balaban J connectivity index is 2.45. The molecule has 1 rings (SSSR count). The summed E-state index contributed by atoms with van der Waals surface area (Å²) in [6.07, 6.45) is 2.03. The molecular weight excluding hydrogens is 270 g/mol.